The molecule has 0 saturated heterocycles. The number of aromatic nitrogens is 3. The summed E-state index contributed by atoms with van der Waals surface area (Å²) in [6.07, 6.45) is 9.30. The van der Waals surface area contributed by atoms with E-state index in [1.165, 1.54) is 49.4 Å². The molecular formula is C20H23ClN4O2. The first kappa shape index (κ1) is 17.0. The van der Waals surface area contributed by atoms with Crippen LogP contribution in [0.3, 0.4) is 0 Å². The highest BCUT2D eigenvalue weighted by atomic mass is 35.5. The van der Waals surface area contributed by atoms with Crippen LogP contribution in [0.2, 0.25) is 5.02 Å². The molecule has 142 valence electrons. The molecule has 1 aromatic heterocycles. The van der Waals surface area contributed by atoms with E-state index in [0.29, 0.717) is 16.3 Å². The Labute approximate surface area is 162 Å². The van der Waals surface area contributed by atoms with Crippen LogP contribution in [0.15, 0.2) is 29.3 Å². The van der Waals surface area contributed by atoms with Crippen molar-refractivity contribution < 1.29 is 4.79 Å². The van der Waals surface area contributed by atoms with Crippen molar-refractivity contribution >= 4 is 17.5 Å². The molecule has 2 N–H and O–H groups in total. The Morgan fingerprint density at radius 1 is 1.22 bits per heavy atom. The zero-order valence-corrected chi connectivity index (χ0v) is 15.8. The fraction of sp³-hybridized carbons (Fsp3) is 0.550. The molecule has 4 fully saturated rings. The molecule has 2 aromatic rings. The number of hydrogen-bond donors (Lipinski definition) is 2. The van der Waals surface area contributed by atoms with E-state index in [9.17, 15) is 9.59 Å². The van der Waals surface area contributed by atoms with E-state index in [2.05, 4.69) is 15.5 Å². The van der Waals surface area contributed by atoms with Gasteiger partial charge in [-0.2, -0.15) is 5.10 Å². The molecule has 7 heteroatoms. The largest absolute Gasteiger partial charge is 0.351 e. The summed E-state index contributed by atoms with van der Waals surface area (Å²) in [6, 6.07) is 5.00. The fourth-order valence-corrected chi connectivity index (χ4v) is 6.34. The van der Waals surface area contributed by atoms with Crippen molar-refractivity contribution in [3.8, 4) is 5.69 Å². The van der Waals surface area contributed by atoms with Gasteiger partial charge in [0.2, 0.25) is 0 Å². The van der Waals surface area contributed by atoms with Gasteiger partial charge in [0.25, 0.3) is 5.91 Å². The summed E-state index contributed by atoms with van der Waals surface area (Å²) < 4.78 is 1.35. The highest BCUT2D eigenvalue weighted by Gasteiger charge is 2.50. The van der Waals surface area contributed by atoms with E-state index < -0.39 is 0 Å². The first-order chi connectivity index (χ1) is 13.0. The molecular weight excluding hydrogens is 364 g/mol. The fourth-order valence-electron chi connectivity index (χ4n) is 6.14. The molecule has 0 aliphatic heterocycles. The summed E-state index contributed by atoms with van der Waals surface area (Å²) in [4.78, 5) is 24.6. The van der Waals surface area contributed by atoms with Crippen LogP contribution >= 0.6 is 11.6 Å². The van der Waals surface area contributed by atoms with E-state index in [1.807, 2.05) is 0 Å². The molecule has 0 atom stereocenters. The van der Waals surface area contributed by atoms with Crippen LogP contribution in [0.5, 0.6) is 0 Å². The van der Waals surface area contributed by atoms with Gasteiger partial charge < -0.3 is 5.32 Å². The summed E-state index contributed by atoms with van der Waals surface area (Å²) in [7, 11) is 0. The number of amides is 1. The van der Waals surface area contributed by atoms with Crippen molar-refractivity contribution in [2.75, 3.05) is 6.54 Å². The first-order valence-corrected chi connectivity index (χ1v) is 10.1. The second-order valence-corrected chi connectivity index (χ2v) is 9.20. The van der Waals surface area contributed by atoms with E-state index >= 15 is 0 Å². The third-order valence-electron chi connectivity index (χ3n) is 6.81. The van der Waals surface area contributed by atoms with Crippen molar-refractivity contribution in [1.29, 1.82) is 0 Å². The van der Waals surface area contributed by atoms with Gasteiger partial charge in [-0.3, -0.25) is 4.79 Å². The Hall–Kier alpha value is -2.08. The molecule has 1 aromatic carbocycles. The summed E-state index contributed by atoms with van der Waals surface area (Å²) >= 11 is 6.28. The number of H-pyrrole nitrogens is 1. The van der Waals surface area contributed by atoms with E-state index in [4.69, 9.17) is 11.6 Å². The van der Waals surface area contributed by atoms with Crippen molar-refractivity contribution in [3.05, 3.63) is 45.6 Å². The molecule has 4 aliphatic rings. The van der Waals surface area contributed by atoms with Gasteiger partial charge in [0.05, 0.1) is 16.3 Å². The molecule has 1 heterocycles. The Morgan fingerprint density at radius 3 is 2.48 bits per heavy atom. The normalized spacial score (nSPS) is 31.2. The molecule has 4 saturated carbocycles. The van der Waals surface area contributed by atoms with Gasteiger partial charge in [0.15, 0.2) is 0 Å². The third-order valence-corrected chi connectivity index (χ3v) is 7.14. The van der Waals surface area contributed by atoms with Gasteiger partial charge in [0, 0.05) is 6.54 Å². The summed E-state index contributed by atoms with van der Waals surface area (Å²) in [5.41, 5.74) is 0.887. The van der Waals surface area contributed by atoms with Crippen LogP contribution in [0.1, 0.15) is 48.9 Å². The zero-order valence-electron chi connectivity index (χ0n) is 15.1. The van der Waals surface area contributed by atoms with E-state index in [1.54, 1.807) is 18.2 Å². The second-order valence-electron chi connectivity index (χ2n) is 8.80. The van der Waals surface area contributed by atoms with Gasteiger partial charge in [-0.05, 0) is 79.9 Å². The van der Waals surface area contributed by atoms with Gasteiger partial charge in [-0.15, -0.1) is 0 Å². The van der Waals surface area contributed by atoms with Crippen LogP contribution in [0.4, 0.5) is 0 Å². The molecule has 6 rings (SSSR count). The van der Waals surface area contributed by atoms with Crippen LogP contribution in [-0.2, 0) is 0 Å². The number of carbonyl (C=O) groups is 1. The average molecular weight is 387 g/mol. The minimum Gasteiger partial charge on any atom is -0.351 e. The highest BCUT2D eigenvalue weighted by molar-refractivity contribution is 6.33. The average Bonchev–Trinajstić information content (AvgIpc) is 3.05. The topological polar surface area (TPSA) is 79.8 Å². The number of rotatable bonds is 4. The zero-order chi connectivity index (χ0) is 18.6. The summed E-state index contributed by atoms with van der Waals surface area (Å²) in [5.74, 6) is 2.39. The molecule has 0 unspecified atom stereocenters. The van der Waals surface area contributed by atoms with Crippen molar-refractivity contribution in [3.63, 3.8) is 0 Å². The lowest BCUT2D eigenvalue weighted by Crippen LogP contribution is -2.51. The maximum Gasteiger partial charge on any atom is 0.347 e. The number of nitrogens with one attached hydrogen (secondary N) is 2. The lowest BCUT2D eigenvalue weighted by molar-refractivity contribution is -0.0503. The van der Waals surface area contributed by atoms with Crippen LogP contribution in [0, 0.1) is 23.2 Å². The number of nitrogens with zero attached hydrogens (tertiary/aromatic N) is 2. The monoisotopic (exact) mass is 386 g/mol. The van der Waals surface area contributed by atoms with E-state index in [0.717, 1.165) is 24.3 Å². The number of aromatic amines is 1. The quantitative estimate of drug-likeness (QED) is 0.847. The van der Waals surface area contributed by atoms with Crippen LogP contribution < -0.4 is 11.0 Å². The second kappa shape index (κ2) is 6.23. The number of benzene rings is 1. The lowest BCUT2D eigenvalue weighted by atomic mass is 9.49. The minimum absolute atomic E-state index is 0.172. The molecule has 1 amide bonds. The molecule has 27 heavy (non-hydrogen) atoms. The predicted molar refractivity (Wildman–Crippen MR) is 102 cm³/mol. The van der Waals surface area contributed by atoms with Crippen LogP contribution in [0.25, 0.3) is 5.69 Å². The molecule has 6 nitrogen and oxygen atoms in total. The Kier molecular flexibility index (Phi) is 3.93. The maximum absolute atomic E-state index is 12.9. The number of halogens is 1. The minimum atomic E-state index is -0.350. The third kappa shape index (κ3) is 3.00. The summed E-state index contributed by atoms with van der Waals surface area (Å²) in [6.45, 7) is 0.724. The molecule has 4 bridgehead atoms. The Bertz CT molecular complexity index is 912. The van der Waals surface area contributed by atoms with Gasteiger partial charge in [-0.25, -0.2) is 14.5 Å². The molecule has 0 spiro atoms. The van der Waals surface area contributed by atoms with Crippen molar-refractivity contribution in [2.24, 2.45) is 23.2 Å². The maximum atomic E-state index is 12.9. The highest BCUT2D eigenvalue weighted by Crippen LogP contribution is 2.59. The van der Waals surface area contributed by atoms with Gasteiger partial charge in [-0.1, -0.05) is 11.6 Å². The number of carbonyl (C=O) groups excluding carboxylic acids is 1. The van der Waals surface area contributed by atoms with Crippen LogP contribution in [-0.4, -0.2) is 27.2 Å². The smallest absolute Gasteiger partial charge is 0.347 e. The van der Waals surface area contributed by atoms with Gasteiger partial charge >= 0.3 is 5.69 Å². The lowest BCUT2D eigenvalue weighted by Gasteiger charge is -2.56. The van der Waals surface area contributed by atoms with Crippen molar-refractivity contribution in [1.82, 2.24) is 20.1 Å². The summed E-state index contributed by atoms with van der Waals surface area (Å²) in [5, 5.41) is 9.62. The number of hydrogen-bond acceptors (Lipinski definition) is 3. The van der Waals surface area contributed by atoms with E-state index in [-0.39, 0.29) is 17.0 Å². The standard InChI is InChI=1S/C20H23ClN4O2/c21-17-2-1-15(25-11-23-24-19(25)27)6-16(17)18(26)22-10-20-7-12-3-13(8-20)5-14(4-12)9-20/h1-2,6,11-14H,3-5,7-10H2,(H,22,26)(H,24,27). The van der Waals surface area contributed by atoms with Gasteiger partial charge in [0.1, 0.15) is 6.33 Å². The van der Waals surface area contributed by atoms with Crippen molar-refractivity contribution in [2.45, 2.75) is 38.5 Å². The molecule has 0 radical (unpaired) electrons. The SMILES string of the molecule is O=C(NCC12CC3CC(CC(C3)C1)C2)c1cc(-n2cn[nH]c2=O)ccc1Cl. The Balaban J connectivity index is 1.34. The predicted octanol–water partition coefficient (Wildman–Crippen LogP) is 3.16. The first-order valence-electron chi connectivity index (χ1n) is 9.71. The Morgan fingerprint density at radius 2 is 1.89 bits per heavy atom. The molecule has 4 aliphatic carbocycles.